The summed E-state index contributed by atoms with van der Waals surface area (Å²) in [7, 11) is 0. The Morgan fingerprint density at radius 1 is 1.32 bits per heavy atom. The van der Waals surface area contributed by atoms with Crippen molar-refractivity contribution in [3.05, 3.63) is 35.4 Å². The number of nitrogens with one attached hydrogen (secondary N) is 1. The lowest BCUT2D eigenvalue weighted by Gasteiger charge is -2.20. The highest BCUT2D eigenvalue weighted by atomic mass is 19.2. The third-order valence-corrected chi connectivity index (χ3v) is 2.95. The van der Waals surface area contributed by atoms with Crippen LogP contribution < -0.4 is 5.32 Å². The molecule has 1 aromatic carbocycles. The van der Waals surface area contributed by atoms with Gasteiger partial charge in [-0.2, -0.15) is 0 Å². The Balaban J connectivity index is 2.87. The van der Waals surface area contributed by atoms with E-state index in [9.17, 15) is 18.4 Å². The van der Waals surface area contributed by atoms with Gasteiger partial charge in [-0.05, 0) is 24.1 Å². The van der Waals surface area contributed by atoms with E-state index in [1.807, 2.05) is 0 Å². The van der Waals surface area contributed by atoms with E-state index >= 15 is 0 Å². The lowest BCUT2D eigenvalue weighted by Crippen LogP contribution is -2.45. The molecule has 0 aromatic heterocycles. The molecule has 0 saturated carbocycles. The monoisotopic (exact) mass is 271 g/mol. The molecule has 104 valence electrons. The summed E-state index contributed by atoms with van der Waals surface area (Å²) >= 11 is 0. The van der Waals surface area contributed by atoms with Crippen LogP contribution in [-0.2, 0) is 4.79 Å². The minimum atomic E-state index is -1.16. The standard InChI is InChI=1S/C13H15F2NO3/c1-3-7(2)11(13(18)19)16-12(17)8-4-5-9(14)10(15)6-8/h4-7,11H,3H2,1-2H3,(H,16,17)(H,18,19)/t7-,11-/m1/s1. The molecule has 4 nitrogen and oxygen atoms in total. The number of carbonyl (C=O) groups excluding carboxylic acids is 1. The summed E-state index contributed by atoms with van der Waals surface area (Å²) in [5.41, 5.74) is -0.117. The number of benzene rings is 1. The first kappa shape index (κ1) is 15.1. The van der Waals surface area contributed by atoms with E-state index in [0.29, 0.717) is 6.42 Å². The van der Waals surface area contributed by atoms with E-state index in [1.165, 1.54) is 0 Å². The zero-order valence-electron chi connectivity index (χ0n) is 10.6. The molecule has 0 unspecified atom stereocenters. The molecule has 0 aliphatic carbocycles. The van der Waals surface area contributed by atoms with Gasteiger partial charge < -0.3 is 10.4 Å². The van der Waals surface area contributed by atoms with Crippen LogP contribution in [-0.4, -0.2) is 23.0 Å². The second kappa shape index (κ2) is 6.26. The molecule has 0 spiro atoms. The van der Waals surface area contributed by atoms with E-state index in [2.05, 4.69) is 5.32 Å². The Bertz CT molecular complexity index is 491. The van der Waals surface area contributed by atoms with Gasteiger partial charge in [-0.15, -0.1) is 0 Å². The van der Waals surface area contributed by atoms with E-state index in [1.54, 1.807) is 13.8 Å². The molecule has 6 heteroatoms. The van der Waals surface area contributed by atoms with Gasteiger partial charge in [0.05, 0.1) is 0 Å². The van der Waals surface area contributed by atoms with Crippen molar-refractivity contribution >= 4 is 11.9 Å². The largest absolute Gasteiger partial charge is 0.480 e. The van der Waals surface area contributed by atoms with E-state index in [4.69, 9.17) is 5.11 Å². The number of hydrogen-bond acceptors (Lipinski definition) is 2. The highest BCUT2D eigenvalue weighted by Crippen LogP contribution is 2.11. The van der Waals surface area contributed by atoms with Crippen LogP contribution in [0.4, 0.5) is 8.78 Å². The van der Waals surface area contributed by atoms with Gasteiger partial charge in [0.2, 0.25) is 0 Å². The summed E-state index contributed by atoms with van der Waals surface area (Å²) in [6, 6.07) is 1.60. The molecule has 0 aliphatic heterocycles. The Kier molecular flexibility index (Phi) is 4.97. The number of carboxylic acid groups (broad SMARTS) is 1. The van der Waals surface area contributed by atoms with Crippen LogP contribution in [0.3, 0.4) is 0 Å². The van der Waals surface area contributed by atoms with Crippen LogP contribution in [0.1, 0.15) is 30.6 Å². The average Bonchev–Trinajstić information content (AvgIpc) is 2.37. The van der Waals surface area contributed by atoms with Crippen LogP contribution >= 0.6 is 0 Å². The number of carboxylic acids is 1. The van der Waals surface area contributed by atoms with Gasteiger partial charge in [-0.3, -0.25) is 4.79 Å². The van der Waals surface area contributed by atoms with Gasteiger partial charge in [-0.25, -0.2) is 13.6 Å². The van der Waals surface area contributed by atoms with Crippen LogP contribution in [0.25, 0.3) is 0 Å². The first-order valence-electron chi connectivity index (χ1n) is 5.85. The predicted molar refractivity (Wildman–Crippen MR) is 64.7 cm³/mol. The fraction of sp³-hybridized carbons (Fsp3) is 0.385. The van der Waals surface area contributed by atoms with Crippen LogP contribution in [0, 0.1) is 17.6 Å². The lowest BCUT2D eigenvalue weighted by atomic mass is 9.99. The Morgan fingerprint density at radius 2 is 1.95 bits per heavy atom. The van der Waals surface area contributed by atoms with Gasteiger partial charge in [0.15, 0.2) is 11.6 Å². The van der Waals surface area contributed by atoms with E-state index < -0.39 is 29.6 Å². The summed E-state index contributed by atoms with van der Waals surface area (Å²) in [5, 5.41) is 11.3. The van der Waals surface area contributed by atoms with Crippen LogP contribution in [0.2, 0.25) is 0 Å². The van der Waals surface area contributed by atoms with Gasteiger partial charge in [-0.1, -0.05) is 20.3 Å². The Morgan fingerprint density at radius 3 is 2.42 bits per heavy atom. The number of carbonyl (C=O) groups is 2. The minimum absolute atomic E-state index is 0.117. The first-order valence-corrected chi connectivity index (χ1v) is 5.85. The van der Waals surface area contributed by atoms with Gasteiger partial charge in [0.25, 0.3) is 5.91 Å². The summed E-state index contributed by atoms with van der Waals surface area (Å²) in [4.78, 5) is 22.8. The Labute approximate surface area is 109 Å². The zero-order chi connectivity index (χ0) is 14.6. The van der Waals surface area contributed by atoms with Crippen molar-refractivity contribution in [2.24, 2.45) is 5.92 Å². The fourth-order valence-corrected chi connectivity index (χ4v) is 1.55. The second-order valence-electron chi connectivity index (χ2n) is 4.30. The molecule has 19 heavy (non-hydrogen) atoms. The third kappa shape index (κ3) is 3.74. The number of amides is 1. The molecule has 0 saturated heterocycles. The second-order valence-corrected chi connectivity index (χ2v) is 4.30. The summed E-state index contributed by atoms with van der Waals surface area (Å²) < 4.78 is 25.7. The van der Waals surface area contributed by atoms with Crippen molar-refractivity contribution in [3.8, 4) is 0 Å². The molecule has 0 aliphatic rings. The number of hydrogen-bond donors (Lipinski definition) is 2. The van der Waals surface area contributed by atoms with E-state index in [0.717, 1.165) is 18.2 Å². The lowest BCUT2D eigenvalue weighted by molar-refractivity contribution is -0.140. The Hall–Kier alpha value is -1.98. The maximum atomic E-state index is 13.0. The molecular formula is C13H15F2NO3. The maximum Gasteiger partial charge on any atom is 0.326 e. The fourth-order valence-electron chi connectivity index (χ4n) is 1.55. The SMILES string of the molecule is CC[C@@H](C)[C@@H](NC(=O)c1ccc(F)c(F)c1)C(=O)O. The highest BCUT2D eigenvalue weighted by molar-refractivity contribution is 5.96. The highest BCUT2D eigenvalue weighted by Gasteiger charge is 2.25. The summed E-state index contributed by atoms with van der Waals surface area (Å²) in [6.45, 7) is 3.48. The number of rotatable bonds is 5. The molecule has 0 fully saturated rings. The minimum Gasteiger partial charge on any atom is -0.480 e. The molecule has 0 bridgehead atoms. The smallest absolute Gasteiger partial charge is 0.326 e. The molecule has 1 rings (SSSR count). The van der Waals surface area contributed by atoms with Crippen LogP contribution in [0.15, 0.2) is 18.2 Å². The summed E-state index contributed by atoms with van der Waals surface area (Å²) in [6.07, 6.45) is 0.565. The third-order valence-electron chi connectivity index (χ3n) is 2.95. The van der Waals surface area contributed by atoms with Crippen molar-refractivity contribution in [1.82, 2.24) is 5.32 Å². The number of halogens is 2. The molecule has 0 heterocycles. The maximum absolute atomic E-state index is 13.0. The number of aliphatic carboxylic acids is 1. The van der Waals surface area contributed by atoms with Crippen LogP contribution in [0.5, 0.6) is 0 Å². The van der Waals surface area contributed by atoms with Crippen molar-refractivity contribution in [2.75, 3.05) is 0 Å². The first-order chi connectivity index (χ1) is 8.86. The normalized spacial score (nSPS) is 13.7. The zero-order valence-corrected chi connectivity index (χ0v) is 10.6. The van der Waals surface area contributed by atoms with Crippen molar-refractivity contribution in [1.29, 1.82) is 0 Å². The quantitative estimate of drug-likeness (QED) is 0.862. The molecule has 1 amide bonds. The van der Waals surface area contributed by atoms with Crippen molar-refractivity contribution in [2.45, 2.75) is 26.3 Å². The van der Waals surface area contributed by atoms with Gasteiger partial charge >= 0.3 is 5.97 Å². The van der Waals surface area contributed by atoms with Crippen molar-refractivity contribution in [3.63, 3.8) is 0 Å². The topological polar surface area (TPSA) is 66.4 Å². The van der Waals surface area contributed by atoms with Gasteiger partial charge in [0, 0.05) is 5.56 Å². The van der Waals surface area contributed by atoms with Gasteiger partial charge in [0.1, 0.15) is 6.04 Å². The summed E-state index contributed by atoms with van der Waals surface area (Å²) in [5.74, 6) is -4.39. The van der Waals surface area contributed by atoms with E-state index in [-0.39, 0.29) is 11.5 Å². The molecule has 1 aromatic rings. The predicted octanol–water partition coefficient (Wildman–Crippen LogP) is 2.19. The average molecular weight is 271 g/mol. The molecular weight excluding hydrogens is 256 g/mol. The van der Waals surface area contributed by atoms with Crippen molar-refractivity contribution < 1.29 is 23.5 Å². The molecule has 2 N–H and O–H groups in total. The molecule has 2 atom stereocenters. The molecule has 0 radical (unpaired) electrons.